The molecule has 0 aromatic heterocycles. The smallest absolute Gasteiger partial charge is 0.216 e. The molecule has 0 aliphatic carbocycles. The summed E-state index contributed by atoms with van der Waals surface area (Å²) in [6, 6.07) is 17.9. The molecule has 0 saturated carbocycles. The first kappa shape index (κ1) is 22.4. The van der Waals surface area contributed by atoms with Crippen molar-refractivity contribution in [2.24, 2.45) is 0 Å². The highest BCUT2D eigenvalue weighted by atomic mass is 32.1. The van der Waals surface area contributed by atoms with Gasteiger partial charge in [0.15, 0.2) is 0 Å². The molecule has 0 atom stereocenters. The fourth-order valence-electron chi connectivity index (χ4n) is 1.79. The van der Waals surface area contributed by atoms with E-state index in [4.69, 9.17) is 0 Å². The molecule has 2 aromatic rings. The van der Waals surface area contributed by atoms with Crippen LogP contribution >= 0.6 is 25.3 Å². The van der Waals surface area contributed by atoms with E-state index in [1.54, 1.807) is 24.3 Å². The van der Waals surface area contributed by atoms with Crippen molar-refractivity contribution in [1.29, 1.82) is 0 Å². The van der Waals surface area contributed by atoms with Crippen molar-refractivity contribution in [2.75, 3.05) is 13.1 Å². The molecule has 24 heavy (non-hydrogen) atoms. The molecule has 0 bridgehead atoms. The summed E-state index contributed by atoms with van der Waals surface area (Å²) in [5.74, 6) is 0. The topological polar surface area (TPSA) is 81.2 Å². The van der Waals surface area contributed by atoms with Crippen molar-refractivity contribution in [3.8, 4) is 0 Å². The summed E-state index contributed by atoms with van der Waals surface area (Å²) in [5.41, 5.74) is 1.28. The molecule has 3 rings (SSSR count). The Balaban J connectivity index is 0.000000337. The van der Waals surface area contributed by atoms with Crippen molar-refractivity contribution in [2.45, 2.75) is 12.8 Å². The fraction of sp³-hybridized carbons (Fsp3) is 0.222. The molecule has 1 saturated heterocycles. The molecule has 1 heterocycles. The molecule has 130 valence electrons. The van der Waals surface area contributed by atoms with Gasteiger partial charge >= 0.3 is 0 Å². The van der Waals surface area contributed by atoms with Gasteiger partial charge in [0.25, 0.3) is 0 Å². The van der Waals surface area contributed by atoms with Gasteiger partial charge in [0, 0.05) is 11.1 Å². The van der Waals surface area contributed by atoms with Crippen LogP contribution in [0.2, 0.25) is 0 Å². The Kier molecular flexibility index (Phi) is 12.9. The summed E-state index contributed by atoms with van der Waals surface area (Å²) in [7, 11) is 0. The molecule has 0 spiro atoms. The van der Waals surface area contributed by atoms with Gasteiger partial charge in [0.1, 0.15) is 0 Å². The molecule has 2 aromatic carbocycles. The van der Waals surface area contributed by atoms with E-state index in [0.717, 1.165) is 0 Å². The zero-order valence-corrected chi connectivity index (χ0v) is 15.3. The number of hydrogen-bond acceptors (Lipinski definition) is 4. The van der Waals surface area contributed by atoms with E-state index >= 15 is 0 Å². The van der Waals surface area contributed by atoms with Crippen LogP contribution in [0.3, 0.4) is 0 Å². The van der Waals surface area contributed by atoms with Crippen LogP contribution in [0.1, 0.15) is 33.6 Å². The molecule has 4 N–H and O–H groups in total. The molecular weight excluding hydrogens is 340 g/mol. The summed E-state index contributed by atoms with van der Waals surface area (Å²) in [6.45, 7) is 2.50. The fourth-order valence-corrected chi connectivity index (χ4v) is 2.08. The van der Waals surface area contributed by atoms with E-state index in [0.29, 0.717) is 11.1 Å². The summed E-state index contributed by atoms with van der Waals surface area (Å²) < 4.78 is 0. The minimum atomic E-state index is -0.185. The molecule has 0 radical (unpaired) electrons. The Hall–Kier alpha value is -1.60. The van der Waals surface area contributed by atoms with Gasteiger partial charge in [0.05, 0.1) is 0 Å². The predicted molar refractivity (Wildman–Crippen MR) is 107 cm³/mol. The summed E-state index contributed by atoms with van der Waals surface area (Å²) in [5, 5.41) is 2.85. The van der Waals surface area contributed by atoms with Crippen molar-refractivity contribution in [3.63, 3.8) is 0 Å². The number of hydrogen-bond donors (Lipinski definition) is 4. The highest BCUT2D eigenvalue weighted by Crippen LogP contribution is 2.01. The van der Waals surface area contributed by atoms with E-state index in [-0.39, 0.29) is 16.4 Å². The third kappa shape index (κ3) is 10.2. The highest BCUT2D eigenvalue weighted by Gasteiger charge is 1.95. The third-order valence-electron chi connectivity index (χ3n) is 3.00. The van der Waals surface area contributed by atoms with E-state index in [9.17, 15) is 9.59 Å². The lowest BCUT2D eigenvalue weighted by Crippen LogP contribution is -2.03. The molecule has 0 unspecified atom stereocenters. The Morgan fingerprint density at radius 2 is 1.04 bits per heavy atom. The Bertz CT molecular complexity index is 531. The van der Waals surface area contributed by atoms with E-state index < -0.39 is 0 Å². The second-order valence-corrected chi connectivity index (χ2v) is 5.61. The minimum Gasteiger partial charge on any atom is -0.344 e. The van der Waals surface area contributed by atoms with Crippen LogP contribution in [-0.2, 0) is 0 Å². The average Bonchev–Trinajstić information content (AvgIpc) is 3.17. The van der Waals surface area contributed by atoms with Crippen LogP contribution in [0.15, 0.2) is 60.7 Å². The SMILES string of the molecule is C1CCNC1.N.O=C(S)c1ccccc1.O=C(S)c1ccccc1. The van der Waals surface area contributed by atoms with Crippen LogP contribution in [-0.4, -0.2) is 23.3 Å². The Morgan fingerprint density at radius 1 is 0.708 bits per heavy atom. The van der Waals surface area contributed by atoms with Crippen LogP contribution in [0, 0.1) is 0 Å². The van der Waals surface area contributed by atoms with Crippen LogP contribution < -0.4 is 11.5 Å². The van der Waals surface area contributed by atoms with Gasteiger partial charge in [-0.05, 0) is 25.9 Å². The van der Waals surface area contributed by atoms with Gasteiger partial charge in [-0.1, -0.05) is 60.7 Å². The maximum atomic E-state index is 10.5. The maximum Gasteiger partial charge on any atom is 0.216 e. The molecule has 1 aliphatic heterocycles. The first-order valence-electron chi connectivity index (χ1n) is 7.38. The van der Waals surface area contributed by atoms with Crippen molar-refractivity contribution in [3.05, 3.63) is 71.8 Å². The summed E-state index contributed by atoms with van der Waals surface area (Å²) in [6.07, 6.45) is 2.78. The number of benzene rings is 2. The van der Waals surface area contributed by atoms with E-state index in [1.807, 2.05) is 36.4 Å². The van der Waals surface area contributed by atoms with E-state index in [1.165, 1.54) is 25.9 Å². The van der Waals surface area contributed by atoms with Gasteiger partial charge in [0.2, 0.25) is 10.2 Å². The normalized spacial score (nSPS) is 11.8. The Labute approximate surface area is 154 Å². The first-order chi connectivity index (χ1) is 11.1. The standard InChI is InChI=1S/2C7H6OS.C4H9N.H3N/c2*8-7(9)6-4-2-1-3-5-6;1-2-4-5-3-1;/h2*1-5H,(H,8,9);5H,1-4H2;1H3. The monoisotopic (exact) mass is 364 g/mol. The number of carbonyl (C=O) groups excluding carboxylic acids is 2. The molecule has 4 nitrogen and oxygen atoms in total. The number of thiol groups is 2. The summed E-state index contributed by atoms with van der Waals surface area (Å²) >= 11 is 7.30. The van der Waals surface area contributed by atoms with Crippen LogP contribution in [0.25, 0.3) is 0 Å². The van der Waals surface area contributed by atoms with Crippen molar-refractivity contribution >= 4 is 35.5 Å². The zero-order valence-electron chi connectivity index (χ0n) is 13.5. The zero-order chi connectivity index (χ0) is 16.9. The second kappa shape index (κ2) is 13.8. The molecule has 6 heteroatoms. The lowest BCUT2D eigenvalue weighted by Gasteiger charge is -1.88. The van der Waals surface area contributed by atoms with Gasteiger partial charge < -0.3 is 11.5 Å². The average molecular weight is 365 g/mol. The number of carbonyl (C=O) groups is 2. The first-order valence-corrected chi connectivity index (χ1v) is 8.28. The van der Waals surface area contributed by atoms with Crippen molar-refractivity contribution < 1.29 is 9.59 Å². The molecule has 0 amide bonds. The van der Waals surface area contributed by atoms with Crippen LogP contribution in [0.4, 0.5) is 0 Å². The van der Waals surface area contributed by atoms with E-state index in [2.05, 4.69) is 30.6 Å². The van der Waals surface area contributed by atoms with Gasteiger partial charge in [-0.3, -0.25) is 9.59 Å². The van der Waals surface area contributed by atoms with Crippen molar-refractivity contribution in [1.82, 2.24) is 11.5 Å². The minimum absolute atomic E-state index is 0. The number of rotatable bonds is 2. The maximum absolute atomic E-state index is 10.5. The third-order valence-corrected chi connectivity index (χ3v) is 3.51. The van der Waals surface area contributed by atoms with Crippen LogP contribution in [0.5, 0.6) is 0 Å². The highest BCUT2D eigenvalue weighted by molar-refractivity contribution is 7.97. The molecular formula is C18H24N2O2S2. The molecule has 1 fully saturated rings. The second-order valence-electron chi connectivity index (χ2n) is 4.80. The van der Waals surface area contributed by atoms with Gasteiger partial charge in [-0.2, -0.15) is 0 Å². The summed E-state index contributed by atoms with van der Waals surface area (Å²) in [4.78, 5) is 21.0. The quantitative estimate of drug-likeness (QED) is 0.606. The molecule has 1 aliphatic rings. The lowest BCUT2D eigenvalue weighted by atomic mass is 10.2. The van der Waals surface area contributed by atoms with Gasteiger partial charge in [-0.25, -0.2) is 0 Å². The predicted octanol–water partition coefficient (Wildman–Crippen LogP) is 4.05. The lowest BCUT2D eigenvalue weighted by molar-refractivity contribution is 0.108. The largest absolute Gasteiger partial charge is 0.344 e. The van der Waals surface area contributed by atoms with Gasteiger partial charge in [-0.15, -0.1) is 25.3 Å². The Morgan fingerprint density at radius 3 is 1.21 bits per heavy atom. The number of nitrogens with one attached hydrogen (secondary N) is 1.